The van der Waals surface area contributed by atoms with Gasteiger partial charge in [-0.15, -0.1) is 0 Å². The molecule has 0 saturated carbocycles. The number of rotatable bonds is 2. The third kappa shape index (κ3) is 2.43. The molecule has 3 nitrogen and oxygen atoms in total. The van der Waals surface area contributed by atoms with Crippen LogP contribution in [-0.4, -0.2) is 12.0 Å². The number of anilines is 2. The summed E-state index contributed by atoms with van der Waals surface area (Å²) >= 11 is 0. The lowest BCUT2D eigenvalue weighted by Crippen LogP contribution is -2.09. The molecular weight excluding hydrogens is 210 g/mol. The predicted molar refractivity (Wildman–Crippen MR) is 68.2 cm³/mol. The standard InChI is InChI=1S/C14H13N3/c1-11-4-3-5-13(8-11)17(2)14-6-7-16-12(9-14)10-15/h3-9H,1-2H3. The molecule has 0 radical (unpaired) electrons. The Kier molecular flexibility index (Phi) is 3.06. The summed E-state index contributed by atoms with van der Waals surface area (Å²) in [5, 5.41) is 8.83. The minimum absolute atomic E-state index is 0.432. The van der Waals surface area contributed by atoms with E-state index in [9.17, 15) is 0 Å². The minimum Gasteiger partial charge on any atom is -0.344 e. The fraction of sp³-hybridized carbons (Fsp3) is 0.143. The van der Waals surface area contributed by atoms with E-state index in [2.05, 4.69) is 24.0 Å². The van der Waals surface area contributed by atoms with Crippen LogP contribution in [0.15, 0.2) is 42.6 Å². The summed E-state index contributed by atoms with van der Waals surface area (Å²) in [5.74, 6) is 0. The molecule has 0 amide bonds. The molecule has 0 N–H and O–H groups in total. The highest BCUT2D eigenvalue weighted by molar-refractivity contribution is 5.63. The number of aryl methyl sites for hydroxylation is 1. The molecule has 3 heteroatoms. The summed E-state index contributed by atoms with van der Waals surface area (Å²) in [6.45, 7) is 2.06. The Bertz CT molecular complexity index is 570. The molecule has 1 aromatic carbocycles. The van der Waals surface area contributed by atoms with Crippen molar-refractivity contribution in [2.75, 3.05) is 11.9 Å². The number of hydrogen-bond donors (Lipinski definition) is 0. The van der Waals surface area contributed by atoms with Crippen LogP contribution >= 0.6 is 0 Å². The molecule has 0 spiro atoms. The third-order valence-electron chi connectivity index (χ3n) is 2.63. The summed E-state index contributed by atoms with van der Waals surface area (Å²) in [7, 11) is 1.98. The Morgan fingerprint density at radius 2 is 1.94 bits per heavy atom. The normalized spacial score (nSPS) is 9.71. The summed E-state index contributed by atoms with van der Waals surface area (Å²) in [4.78, 5) is 6.00. The van der Waals surface area contributed by atoms with Gasteiger partial charge in [-0.05, 0) is 36.8 Å². The highest BCUT2D eigenvalue weighted by Crippen LogP contribution is 2.23. The number of pyridine rings is 1. The van der Waals surface area contributed by atoms with Gasteiger partial charge in [-0.25, -0.2) is 4.98 Å². The van der Waals surface area contributed by atoms with E-state index < -0.39 is 0 Å². The smallest absolute Gasteiger partial charge is 0.142 e. The first-order chi connectivity index (χ1) is 8.20. The topological polar surface area (TPSA) is 39.9 Å². The fourth-order valence-corrected chi connectivity index (χ4v) is 1.67. The molecule has 0 unspecified atom stereocenters. The van der Waals surface area contributed by atoms with Crippen LogP contribution in [0.5, 0.6) is 0 Å². The van der Waals surface area contributed by atoms with Gasteiger partial charge in [0.05, 0.1) is 0 Å². The molecule has 0 aliphatic heterocycles. The van der Waals surface area contributed by atoms with E-state index in [1.807, 2.05) is 36.2 Å². The van der Waals surface area contributed by atoms with Crippen molar-refractivity contribution in [1.82, 2.24) is 4.98 Å². The molecule has 17 heavy (non-hydrogen) atoms. The molecule has 0 atom stereocenters. The van der Waals surface area contributed by atoms with Crippen molar-refractivity contribution in [3.05, 3.63) is 53.9 Å². The Morgan fingerprint density at radius 3 is 2.65 bits per heavy atom. The Hall–Kier alpha value is -2.34. The maximum absolute atomic E-state index is 8.83. The van der Waals surface area contributed by atoms with Crippen molar-refractivity contribution in [2.45, 2.75) is 6.92 Å². The van der Waals surface area contributed by atoms with Crippen LogP contribution in [0.25, 0.3) is 0 Å². The Morgan fingerprint density at radius 1 is 1.18 bits per heavy atom. The van der Waals surface area contributed by atoms with Gasteiger partial charge in [0.1, 0.15) is 11.8 Å². The van der Waals surface area contributed by atoms with Gasteiger partial charge >= 0.3 is 0 Å². The van der Waals surface area contributed by atoms with Crippen LogP contribution in [0, 0.1) is 18.3 Å². The van der Waals surface area contributed by atoms with E-state index in [1.165, 1.54) is 5.56 Å². The maximum atomic E-state index is 8.83. The predicted octanol–water partition coefficient (Wildman–Crippen LogP) is 3.03. The lowest BCUT2D eigenvalue weighted by Gasteiger charge is -2.19. The molecule has 0 bridgehead atoms. The van der Waals surface area contributed by atoms with Gasteiger partial charge in [-0.2, -0.15) is 5.26 Å². The number of nitriles is 1. The van der Waals surface area contributed by atoms with Crippen LogP contribution in [0.4, 0.5) is 11.4 Å². The van der Waals surface area contributed by atoms with Gasteiger partial charge in [0.15, 0.2) is 0 Å². The number of nitrogens with zero attached hydrogens (tertiary/aromatic N) is 3. The second-order valence-electron chi connectivity index (χ2n) is 3.91. The van der Waals surface area contributed by atoms with E-state index in [0.29, 0.717) is 5.69 Å². The second kappa shape index (κ2) is 4.67. The van der Waals surface area contributed by atoms with E-state index in [4.69, 9.17) is 5.26 Å². The van der Waals surface area contributed by atoms with E-state index in [1.54, 1.807) is 12.3 Å². The van der Waals surface area contributed by atoms with E-state index in [-0.39, 0.29) is 0 Å². The van der Waals surface area contributed by atoms with Crippen LogP contribution in [0.1, 0.15) is 11.3 Å². The molecule has 84 valence electrons. The zero-order valence-electron chi connectivity index (χ0n) is 9.88. The highest BCUT2D eigenvalue weighted by Gasteiger charge is 2.04. The molecule has 0 saturated heterocycles. The lowest BCUT2D eigenvalue weighted by molar-refractivity contribution is 1.17. The molecule has 1 heterocycles. The fourth-order valence-electron chi connectivity index (χ4n) is 1.67. The monoisotopic (exact) mass is 223 g/mol. The quantitative estimate of drug-likeness (QED) is 0.785. The Labute approximate surface area is 101 Å². The Balaban J connectivity index is 2.37. The van der Waals surface area contributed by atoms with Crippen molar-refractivity contribution >= 4 is 11.4 Å². The highest BCUT2D eigenvalue weighted by atomic mass is 15.1. The van der Waals surface area contributed by atoms with E-state index in [0.717, 1.165) is 11.4 Å². The maximum Gasteiger partial charge on any atom is 0.142 e. The number of benzene rings is 1. The van der Waals surface area contributed by atoms with Gasteiger partial charge in [-0.3, -0.25) is 0 Å². The summed E-state index contributed by atoms with van der Waals surface area (Å²) < 4.78 is 0. The summed E-state index contributed by atoms with van der Waals surface area (Å²) in [5.41, 5.74) is 3.70. The second-order valence-corrected chi connectivity index (χ2v) is 3.91. The van der Waals surface area contributed by atoms with Crippen LogP contribution in [0.2, 0.25) is 0 Å². The third-order valence-corrected chi connectivity index (χ3v) is 2.63. The number of aromatic nitrogens is 1. The lowest BCUT2D eigenvalue weighted by atomic mass is 10.2. The molecule has 0 fully saturated rings. The average Bonchev–Trinajstić information content (AvgIpc) is 2.38. The van der Waals surface area contributed by atoms with Gasteiger partial charge in [0, 0.05) is 24.6 Å². The number of hydrogen-bond acceptors (Lipinski definition) is 3. The van der Waals surface area contributed by atoms with Crippen LogP contribution in [-0.2, 0) is 0 Å². The van der Waals surface area contributed by atoms with Gasteiger partial charge in [0.2, 0.25) is 0 Å². The minimum atomic E-state index is 0.432. The molecular formula is C14H13N3. The van der Waals surface area contributed by atoms with Crippen molar-refractivity contribution < 1.29 is 0 Å². The molecule has 0 aliphatic carbocycles. The zero-order valence-corrected chi connectivity index (χ0v) is 9.88. The van der Waals surface area contributed by atoms with Crippen LogP contribution in [0.3, 0.4) is 0 Å². The van der Waals surface area contributed by atoms with Crippen LogP contribution < -0.4 is 4.90 Å². The zero-order chi connectivity index (χ0) is 12.3. The van der Waals surface area contributed by atoms with Crippen molar-refractivity contribution in [3.63, 3.8) is 0 Å². The van der Waals surface area contributed by atoms with Crippen molar-refractivity contribution in [1.29, 1.82) is 5.26 Å². The summed E-state index contributed by atoms with van der Waals surface area (Å²) in [6, 6.07) is 13.9. The SMILES string of the molecule is Cc1cccc(N(C)c2ccnc(C#N)c2)c1. The first kappa shape index (κ1) is 11.2. The first-order valence-corrected chi connectivity index (χ1v) is 5.37. The molecule has 2 rings (SSSR count). The molecule has 0 aliphatic rings. The van der Waals surface area contributed by atoms with Gasteiger partial charge in [0.25, 0.3) is 0 Å². The average molecular weight is 223 g/mol. The first-order valence-electron chi connectivity index (χ1n) is 5.37. The van der Waals surface area contributed by atoms with Gasteiger partial charge in [-0.1, -0.05) is 12.1 Å². The van der Waals surface area contributed by atoms with E-state index >= 15 is 0 Å². The molecule has 1 aromatic heterocycles. The van der Waals surface area contributed by atoms with Crippen molar-refractivity contribution in [3.8, 4) is 6.07 Å². The van der Waals surface area contributed by atoms with Gasteiger partial charge < -0.3 is 4.90 Å². The summed E-state index contributed by atoms with van der Waals surface area (Å²) in [6.07, 6.45) is 1.65. The largest absolute Gasteiger partial charge is 0.344 e. The molecule has 2 aromatic rings. The van der Waals surface area contributed by atoms with Crippen molar-refractivity contribution in [2.24, 2.45) is 0 Å².